The second-order valence-electron chi connectivity index (χ2n) is 6.54. The number of benzene rings is 1. The topological polar surface area (TPSA) is 78.0 Å². The highest BCUT2D eigenvalue weighted by Gasteiger charge is 2.17. The molecule has 0 N–H and O–H groups in total. The van der Waals surface area contributed by atoms with Crippen molar-refractivity contribution >= 4 is 29.6 Å². The van der Waals surface area contributed by atoms with Gasteiger partial charge in [0.05, 0.1) is 18.1 Å². The molecule has 1 aromatic heterocycles. The number of halogens is 1. The van der Waals surface area contributed by atoms with Crippen molar-refractivity contribution in [3.05, 3.63) is 58.9 Å². The van der Waals surface area contributed by atoms with E-state index in [2.05, 4.69) is 4.98 Å². The first-order valence-electron chi connectivity index (χ1n) is 9.67. The number of carbonyl (C=O) groups excluding carboxylic acids is 2. The summed E-state index contributed by atoms with van der Waals surface area (Å²) >= 11 is 6.25. The molecule has 0 radical (unpaired) electrons. The minimum absolute atomic E-state index is 0.115. The molecule has 8 heteroatoms. The Balaban J connectivity index is 1.73. The largest absolute Gasteiger partial charge is 0.486 e. The fourth-order valence-electron chi connectivity index (χ4n) is 2.94. The zero-order valence-corrected chi connectivity index (χ0v) is 17.4. The summed E-state index contributed by atoms with van der Waals surface area (Å²) in [4.78, 5) is 30.2. The minimum Gasteiger partial charge on any atom is -0.486 e. The Labute approximate surface area is 180 Å². The van der Waals surface area contributed by atoms with Crippen molar-refractivity contribution in [2.75, 3.05) is 26.4 Å². The third-order valence-electron chi connectivity index (χ3n) is 4.34. The predicted molar refractivity (Wildman–Crippen MR) is 112 cm³/mol. The molecule has 7 nitrogen and oxygen atoms in total. The van der Waals surface area contributed by atoms with Gasteiger partial charge in [-0.3, -0.25) is 14.6 Å². The molecule has 1 amide bonds. The zero-order chi connectivity index (χ0) is 21.3. The van der Waals surface area contributed by atoms with Gasteiger partial charge in [0, 0.05) is 31.6 Å². The van der Waals surface area contributed by atoms with Crippen LogP contribution in [0.3, 0.4) is 0 Å². The molecule has 0 atom stereocenters. The van der Waals surface area contributed by atoms with Crippen LogP contribution < -0.4 is 9.47 Å². The van der Waals surface area contributed by atoms with Crippen molar-refractivity contribution in [2.24, 2.45) is 0 Å². The lowest BCUT2D eigenvalue weighted by molar-refractivity contribution is -0.143. The van der Waals surface area contributed by atoms with Gasteiger partial charge in [0.1, 0.15) is 13.2 Å². The van der Waals surface area contributed by atoms with Crippen LogP contribution in [0.4, 0.5) is 0 Å². The number of nitrogens with zero attached hydrogens (tertiary/aromatic N) is 2. The number of carbonyl (C=O) groups is 2. The molecular formula is C22H23ClN2O5. The van der Waals surface area contributed by atoms with Crippen molar-refractivity contribution in [3.8, 4) is 11.5 Å². The van der Waals surface area contributed by atoms with Crippen molar-refractivity contribution in [1.29, 1.82) is 0 Å². The maximum Gasteiger partial charge on any atom is 0.307 e. The average molecular weight is 431 g/mol. The summed E-state index contributed by atoms with van der Waals surface area (Å²) in [6, 6.07) is 7.16. The Bertz CT molecular complexity index is 917. The van der Waals surface area contributed by atoms with E-state index in [0.717, 1.165) is 5.56 Å². The highest BCUT2D eigenvalue weighted by molar-refractivity contribution is 6.32. The maximum atomic E-state index is 12.8. The summed E-state index contributed by atoms with van der Waals surface area (Å²) in [5.41, 5.74) is 1.58. The Morgan fingerprint density at radius 3 is 2.90 bits per heavy atom. The van der Waals surface area contributed by atoms with Crippen molar-refractivity contribution in [3.63, 3.8) is 0 Å². The number of hydrogen-bond donors (Lipinski definition) is 0. The van der Waals surface area contributed by atoms with Crippen LogP contribution in [0.25, 0.3) is 6.08 Å². The Morgan fingerprint density at radius 2 is 2.13 bits per heavy atom. The highest BCUT2D eigenvalue weighted by atomic mass is 35.5. The molecule has 3 rings (SSSR count). The van der Waals surface area contributed by atoms with E-state index in [9.17, 15) is 9.59 Å². The second-order valence-corrected chi connectivity index (χ2v) is 6.94. The average Bonchev–Trinajstić information content (AvgIpc) is 2.76. The number of ether oxygens (including phenoxy) is 3. The molecular weight excluding hydrogens is 408 g/mol. The van der Waals surface area contributed by atoms with Gasteiger partial charge in [0.25, 0.3) is 0 Å². The molecule has 30 heavy (non-hydrogen) atoms. The summed E-state index contributed by atoms with van der Waals surface area (Å²) in [6.07, 6.45) is 6.58. The number of aromatic nitrogens is 1. The quantitative estimate of drug-likeness (QED) is 0.471. The molecule has 0 unspecified atom stereocenters. The first-order chi connectivity index (χ1) is 14.6. The molecule has 0 saturated carbocycles. The van der Waals surface area contributed by atoms with Gasteiger partial charge in [-0.1, -0.05) is 17.7 Å². The standard InChI is InChI=1S/C22H23ClN2O5/c1-2-28-21(27)7-9-25(15-17-4-3-8-24-14-17)20(26)6-5-16-12-18(23)22-19(13-16)29-10-11-30-22/h3-6,8,12-14H,2,7,9-11,15H2,1H3/b6-5+. The second kappa shape index (κ2) is 10.6. The molecule has 158 valence electrons. The monoisotopic (exact) mass is 430 g/mol. The molecule has 0 spiro atoms. The van der Waals surface area contributed by atoms with Crippen molar-refractivity contribution in [1.82, 2.24) is 9.88 Å². The van der Waals surface area contributed by atoms with E-state index in [1.807, 2.05) is 6.07 Å². The van der Waals surface area contributed by atoms with Crippen molar-refractivity contribution < 1.29 is 23.8 Å². The normalized spacial score (nSPS) is 12.6. The van der Waals surface area contributed by atoms with E-state index in [1.165, 1.54) is 6.08 Å². The van der Waals surface area contributed by atoms with E-state index >= 15 is 0 Å². The lowest BCUT2D eigenvalue weighted by Crippen LogP contribution is -2.31. The van der Waals surface area contributed by atoms with Crippen LogP contribution >= 0.6 is 11.6 Å². The van der Waals surface area contributed by atoms with Gasteiger partial charge in [-0.2, -0.15) is 0 Å². The molecule has 2 heterocycles. The van der Waals surface area contributed by atoms with Crippen molar-refractivity contribution in [2.45, 2.75) is 19.9 Å². The molecule has 0 fully saturated rings. The fraction of sp³-hybridized carbons (Fsp3) is 0.318. The van der Waals surface area contributed by atoms with Crippen LogP contribution in [0.5, 0.6) is 11.5 Å². The summed E-state index contributed by atoms with van der Waals surface area (Å²) in [5, 5.41) is 0.425. The molecule has 2 aromatic rings. The highest BCUT2D eigenvalue weighted by Crippen LogP contribution is 2.38. The molecule has 0 saturated heterocycles. The summed E-state index contributed by atoms with van der Waals surface area (Å²) in [5.74, 6) is 0.479. The summed E-state index contributed by atoms with van der Waals surface area (Å²) < 4.78 is 16.0. The Hall–Kier alpha value is -3.06. The van der Waals surface area contributed by atoms with Gasteiger partial charge in [-0.05, 0) is 42.3 Å². The number of rotatable bonds is 8. The van der Waals surface area contributed by atoms with Crippen LogP contribution in [-0.4, -0.2) is 48.1 Å². The van der Waals surface area contributed by atoms with Gasteiger partial charge >= 0.3 is 5.97 Å². The van der Waals surface area contributed by atoms with E-state index in [4.69, 9.17) is 25.8 Å². The third kappa shape index (κ3) is 5.97. The van der Waals surface area contributed by atoms with E-state index in [0.29, 0.717) is 48.5 Å². The lowest BCUT2D eigenvalue weighted by Gasteiger charge is -2.21. The first-order valence-corrected chi connectivity index (χ1v) is 10.0. The molecule has 1 aliphatic rings. The van der Waals surface area contributed by atoms with Crippen LogP contribution in [0, 0.1) is 0 Å². The van der Waals surface area contributed by atoms with Gasteiger partial charge in [-0.25, -0.2) is 0 Å². The van der Waals surface area contributed by atoms with Gasteiger partial charge < -0.3 is 19.1 Å². The van der Waals surface area contributed by atoms with Gasteiger partial charge in [-0.15, -0.1) is 0 Å². The van der Waals surface area contributed by atoms with E-state index in [1.54, 1.807) is 48.5 Å². The number of esters is 1. The number of amides is 1. The van der Waals surface area contributed by atoms with Crippen LogP contribution in [0.2, 0.25) is 5.02 Å². The molecule has 1 aromatic carbocycles. The molecule has 0 bridgehead atoms. The van der Waals surface area contributed by atoms with Crippen LogP contribution in [0.15, 0.2) is 42.7 Å². The first kappa shape index (κ1) is 21.6. The van der Waals surface area contributed by atoms with Crippen LogP contribution in [-0.2, 0) is 20.9 Å². The molecule has 1 aliphatic heterocycles. The SMILES string of the molecule is CCOC(=O)CCN(Cc1cccnc1)C(=O)/C=C/c1cc(Cl)c2c(c1)OCCO2. The summed E-state index contributed by atoms with van der Waals surface area (Å²) in [7, 11) is 0. The zero-order valence-electron chi connectivity index (χ0n) is 16.7. The van der Waals surface area contributed by atoms with Gasteiger partial charge in [0.15, 0.2) is 11.5 Å². The van der Waals surface area contributed by atoms with Gasteiger partial charge in [0.2, 0.25) is 5.91 Å². The smallest absolute Gasteiger partial charge is 0.307 e. The van der Waals surface area contributed by atoms with E-state index < -0.39 is 0 Å². The van der Waals surface area contributed by atoms with Crippen LogP contribution in [0.1, 0.15) is 24.5 Å². The lowest BCUT2D eigenvalue weighted by atomic mass is 10.1. The number of pyridine rings is 1. The Morgan fingerprint density at radius 1 is 1.30 bits per heavy atom. The minimum atomic E-state index is -0.343. The molecule has 0 aliphatic carbocycles. The fourth-order valence-corrected chi connectivity index (χ4v) is 3.21. The third-order valence-corrected chi connectivity index (χ3v) is 4.62. The number of hydrogen-bond acceptors (Lipinski definition) is 6. The maximum absolute atomic E-state index is 12.8. The van der Waals surface area contributed by atoms with E-state index in [-0.39, 0.29) is 24.8 Å². The summed E-state index contributed by atoms with van der Waals surface area (Å²) in [6.45, 7) is 3.52. The Kier molecular flexibility index (Phi) is 7.68. The predicted octanol–water partition coefficient (Wildman–Crippen LogP) is 3.50. The number of fused-ring (bicyclic) bond motifs is 1.